The Balaban J connectivity index is 1.70. The van der Waals surface area contributed by atoms with Gasteiger partial charge in [-0.05, 0) is 31.0 Å². The molecule has 1 aliphatic heterocycles. The highest BCUT2D eigenvalue weighted by Gasteiger charge is 2.23. The SMILES string of the molecule is Cn1cc(CN2CCC[C@H](c3cc(=O)[nH]cn3)C2)cc1C#N. The molecule has 0 amide bonds. The van der Waals surface area contributed by atoms with Gasteiger partial charge in [0.15, 0.2) is 0 Å². The van der Waals surface area contributed by atoms with Crippen molar-refractivity contribution in [3.63, 3.8) is 0 Å². The van der Waals surface area contributed by atoms with Gasteiger partial charge in [-0.3, -0.25) is 9.69 Å². The van der Waals surface area contributed by atoms with E-state index >= 15 is 0 Å². The average molecular weight is 297 g/mol. The Labute approximate surface area is 129 Å². The van der Waals surface area contributed by atoms with Gasteiger partial charge in [-0.25, -0.2) is 4.98 Å². The standard InChI is InChI=1S/C16H19N5O/c1-20-8-12(5-14(20)7-17)9-21-4-2-3-13(10-21)15-6-16(22)19-11-18-15/h5-6,8,11,13H,2-4,9-10H2,1H3,(H,18,19,22)/t13-/m0/s1. The number of aromatic nitrogens is 3. The maximum Gasteiger partial charge on any atom is 0.250 e. The Bertz CT molecular complexity index is 754. The molecule has 0 spiro atoms. The fraction of sp³-hybridized carbons (Fsp3) is 0.438. The van der Waals surface area contributed by atoms with Crippen molar-refractivity contribution in [2.45, 2.75) is 25.3 Å². The summed E-state index contributed by atoms with van der Waals surface area (Å²) in [4.78, 5) is 20.7. The molecule has 0 bridgehead atoms. The van der Waals surface area contributed by atoms with Gasteiger partial charge in [-0.1, -0.05) is 0 Å². The summed E-state index contributed by atoms with van der Waals surface area (Å²) in [5.74, 6) is 0.301. The molecule has 0 saturated carbocycles. The smallest absolute Gasteiger partial charge is 0.250 e. The lowest BCUT2D eigenvalue weighted by Crippen LogP contribution is -2.34. The topological polar surface area (TPSA) is 77.7 Å². The predicted octanol–water partition coefficient (Wildman–Crippen LogP) is 1.36. The van der Waals surface area contributed by atoms with Crippen LogP contribution in [0.5, 0.6) is 0 Å². The lowest BCUT2D eigenvalue weighted by molar-refractivity contribution is 0.198. The van der Waals surface area contributed by atoms with Crippen LogP contribution < -0.4 is 5.56 Å². The van der Waals surface area contributed by atoms with Gasteiger partial charge in [0.2, 0.25) is 0 Å². The van der Waals surface area contributed by atoms with Crippen LogP contribution in [0.1, 0.15) is 35.7 Å². The van der Waals surface area contributed by atoms with Crippen molar-refractivity contribution in [3.8, 4) is 6.07 Å². The molecule has 6 nitrogen and oxygen atoms in total. The van der Waals surface area contributed by atoms with Gasteiger partial charge in [-0.15, -0.1) is 0 Å². The van der Waals surface area contributed by atoms with Crippen LogP contribution >= 0.6 is 0 Å². The van der Waals surface area contributed by atoms with Crippen molar-refractivity contribution < 1.29 is 0 Å². The Kier molecular flexibility index (Phi) is 4.07. The molecule has 1 N–H and O–H groups in total. The summed E-state index contributed by atoms with van der Waals surface area (Å²) >= 11 is 0. The first-order valence-corrected chi connectivity index (χ1v) is 7.48. The van der Waals surface area contributed by atoms with Crippen LogP contribution in [0.4, 0.5) is 0 Å². The van der Waals surface area contributed by atoms with Crippen LogP contribution in [0.15, 0.2) is 29.5 Å². The number of likely N-dealkylation sites (tertiary alicyclic amines) is 1. The first kappa shape index (κ1) is 14.5. The molecule has 22 heavy (non-hydrogen) atoms. The van der Waals surface area contributed by atoms with Crippen molar-refractivity contribution in [1.29, 1.82) is 5.26 Å². The minimum atomic E-state index is -0.0937. The molecule has 1 saturated heterocycles. The van der Waals surface area contributed by atoms with E-state index < -0.39 is 0 Å². The van der Waals surface area contributed by atoms with Crippen molar-refractivity contribution >= 4 is 0 Å². The van der Waals surface area contributed by atoms with Gasteiger partial charge in [0, 0.05) is 38.3 Å². The third kappa shape index (κ3) is 3.10. The van der Waals surface area contributed by atoms with E-state index in [2.05, 4.69) is 20.9 Å². The van der Waals surface area contributed by atoms with Crippen molar-refractivity contribution in [3.05, 3.63) is 52.0 Å². The summed E-state index contributed by atoms with van der Waals surface area (Å²) in [5, 5.41) is 9.03. The average Bonchev–Trinajstić information content (AvgIpc) is 2.87. The first-order valence-electron chi connectivity index (χ1n) is 7.48. The summed E-state index contributed by atoms with van der Waals surface area (Å²) in [6.45, 7) is 2.76. The lowest BCUT2D eigenvalue weighted by Gasteiger charge is -2.32. The van der Waals surface area contributed by atoms with Gasteiger partial charge in [0.1, 0.15) is 11.8 Å². The summed E-state index contributed by atoms with van der Waals surface area (Å²) in [7, 11) is 1.89. The highest BCUT2D eigenvalue weighted by Crippen LogP contribution is 2.25. The number of piperidine rings is 1. The van der Waals surface area contributed by atoms with Crippen LogP contribution in [0.25, 0.3) is 0 Å². The largest absolute Gasteiger partial charge is 0.342 e. The molecule has 1 aliphatic rings. The van der Waals surface area contributed by atoms with Crippen molar-refractivity contribution in [1.82, 2.24) is 19.4 Å². The monoisotopic (exact) mass is 297 g/mol. The quantitative estimate of drug-likeness (QED) is 0.928. The third-order valence-corrected chi connectivity index (χ3v) is 4.21. The molecule has 2 aromatic rings. The molecule has 2 aromatic heterocycles. The van der Waals surface area contributed by atoms with Crippen LogP contribution in [0.3, 0.4) is 0 Å². The maximum absolute atomic E-state index is 11.4. The highest BCUT2D eigenvalue weighted by molar-refractivity contribution is 5.28. The van der Waals surface area contributed by atoms with Crippen molar-refractivity contribution in [2.75, 3.05) is 13.1 Å². The summed E-state index contributed by atoms with van der Waals surface area (Å²) in [5.41, 5.74) is 2.61. The lowest BCUT2D eigenvalue weighted by atomic mass is 9.94. The number of hydrogen-bond acceptors (Lipinski definition) is 4. The van der Waals surface area contributed by atoms with E-state index in [1.807, 2.05) is 23.9 Å². The zero-order valence-corrected chi connectivity index (χ0v) is 12.6. The number of nitrogens with zero attached hydrogens (tertiary/aromatic N) is 4. The second kappa shape index (κ2) is 6.16. The highest BCUT2D eigenvalue weighted by atomic mass is 16.1. The Morgan fingerprint density at radius 1 is 1.50 bits per heavy atom. The molecule has 0 radical (unpaired) electrons. The second-order valence-corrected chi connectivity index (χ2v) is 5.87. The molecule has 1 atom stereocenters. The predicted molar refractivity (Wildman–Crippen MR) is 82.2 cm³/mol. The summed E-state index contributed by atoms with van der Waals surface area (Å²) in [6, 6.07) is 5.73. The first-order chi connectivity index (χ1) is 10.7. The molecule has 3 heterocycles. The second-order valence-electron chi connectivity index (χ2n) is 5.87. The zero-order valence-electron chi connectivity index (χ0n) is 12.6. The van der Waals surface area contributed by atoms with E-state index in [1.54, 1.807) is 6.07 Å². The molecule has 0 unspecified atom stereocenters. The van der Waals surface area contributed by atoms with Gasteiger partial charge in [0.05, 0.1) is 12.0 Å². The van der Waals surface area contributed by atoms with Gasteiger partial charge >= 0.3 is 0 Å². The number of nitrogens with one attached hydrogen (secondary N) is 1. The Morgan fingerprint density at radius 2 is 2.36 bits per heavy atom. The van der Waals surface area contributed by atoms with Crippen LogP contribution in [-0.2, 0) is 13.6 Å². The number of nitriles is 1. The van der Waals surface area contributed by atoms with Crippen LogP contribution in [0, 0.1) is 11.3 Å². The number of rotatable bonds is 3. The van der Waals surface area contributed by atoms with Gasteiger partial charge < -0.3 is 9.55 Å². The van der Waals surface area contributed by atoms with Gasteiger partial charge in [-0.2, -0.15) is 5.26 Å². The fourth-order valence-electron chi connectivity index (χ4n) is 3.14. The number of aromatic amines is 1. The van der Waals surface area contributed by atoms with E-state index in [9.17, 15) is 4.79 Å². The minimum absolute atomic E-state index is 0.0937. The minimum Gasteiger partial charge on any atom is -0.342 e. The summed E-state index contributed by atoms with van der Waals surface area (Å²) < 4.78 is 1.86. The number of aryl methyl sites for hydroxylation is 1. The molecular weight excluding hydrogens is 278 g/mol. The van der Waals surface area contributed by atoms with E-state index in [-0.39, 0.29) is 5.56 Å². The molecular formula is C16H19N5O. The number of hydrogen-bond donors (Lipinski definition) is 1. The zero-order chi connectivity index (χ0) is 15.5. The van der Waals surface area contributed by atoms with E-state index in [4.69, 9.17) is 5.26 Å². The molecule has 114 valence electrons. The molecule has 3 rings (SSSR count). The van der Waals surface area contributed by atoms with E-state index in [0.717, 1.165) is 43.7 Å². The summed E-state index contributed by atoms with van der Waals surface area (Å²) in [6.07, 6.45) is 5.64. The van der Waals surface area contributed by atoms with Crippen LogP contribution in [0.2, 0.25) is 0 Å². The maximum atomic E-state index is 11.4. The normalized spacial score (nSPS) is 19.0. The Morgan fingerprint density at radius 3 is 3.09 bits per heavy atom. The molecule has 0 aliphatic carbocycles. The van der Waals surface area contributed by atoms with Crippen molar-refractivity contribution in [2.24, 2.45) is 7.05 Å². The Hall–Kier alpha value is -2.39. The van der Waals surface area contributed by atoms with E-state index in [1.165, 1.54) is 6.33 Å². The molecule has 6 heteroatoms. The molecule has 0 aromatic carbocycles. The van der Waals surface area contributed by atoms with Crippen LogP contribution in [-0.4, -0.2) is 32.5 Å². The molecule has 1 fully saturated rings. The fourth-order valence-corrected chi connectivity index (χ4v) is 3.14. The van der Waals surface area contributed by atoms with Gasteiger partial charge in [0.25, 0.3) is 5.56 Å². The van der Waals surface area contributed by atoms with E-state index in [0.29, 0.717) is 11.6 Å². The number of H-pyrrole nitrogens is 1. The third-order valence-electron chi connectivity index (χ3n) is 4.21.